The van der Waals surface area contributed by atoms with Crippen LogP contribution in [0, 0.1) is 12.8 Å². The number of pyridine rings is 1. The molecular formula is C18H27N3O2. The molecule has 2 fully saturated rings. The fourth-order valence-electron chi connectivity index (χ4n) is 3.40. The minimum Gasteiger partial charge on any atom is -0.475 e. The lowest BCUT2D eigenvalue weighted by molar-refractivity contribution is -0.127. The summed E-state index contributed by atoms with van der Waals surface area (Å²) in [6.45, 7) is 5.62. The Morgan fingerprint density at radius 1 is 1.57 bits per heavy atom. The molecule has 0 spiro atoms. The van der Waals surface area contributed by atoms with Crippen molar-refractivity contribution < 1.29 is 9.53 Å². The number of carbonyl (C=O) groups is 1. The van der Waals surface area contributed by atoms with Crippen molar-refractivity contribution in [1.82, 2.24) is 15.2 Å². The van der Waals surface area contributed by atoms with Gasteiger partial charge in [0.05, 0.1) is 11.5 Å². The number of ether oxygens (including phenoxy) is 1. The number of hydrogen-bond acceptors (Lipinski definition) is 4. The molecule has 3 rings (SSSR count). The van der Waals surface area contributed by atoms with E-state index in [1.807, 2.05) is 26.0 Å². The number of likely N-dealkylation sites (tertiary alicyclic amines) is 1. The van der Waals surface area contributed by atoms with Crippen LogP contribution >= 0.6 is 0 Å². The molecule has 2 heterocycles. The van der Waals surface area contributed by atoms with E-state index in [0.717, 1.165) is 31.4 Å². The van der Waals surface area contributed by atoms with Crippen LogP contribution in [0.5, 0.6) is 5.88 Å². The molecular weight excluding hydrogens is 290 g/mol. The predicted octanol–water partition coefficient (Wildman–Crippen LogP) is 2.15. The van der Waals surface area contributed by atoms with Crippen LogP contribution in [0.3, 0.4) is 0 Å². The number of carbonyl (C=O) groups excluding carboxylic acids is 1. The Bertz CT molecular complexity index is 571. The van der Waals surface area contributed by atoms with Gasteiger partial charge in [-0.05, 0) is 52.3 Å². The number of aryl methyl sites for hydroxylation is 1. The molecule has 126 valence electrons. The number of amides is 1. The maximum Gasteiger partial charge on any atom is 0.224 e. The van der Waals surface area contributed by atoms with E-state index in [9.17, 15) is 4.79 Å². The Morgan fingerprint density at radius 2 is 2.35 bits per heavy atom. The topological polar surface area (TPSA) is 54.5 Å². The molecule has 1 aliphatic heterocycles. The number of hydrogen-bond donors (Lipinski definition) is 1. The molecule has 2 atom stereocenters. The number of nitrogens with zero attached hydrogens (tertiary/aromatic N) is 2. The minimum absolute atomic E-state index is 0.0246. The average molecular weight is 317 g/mol. The van der Waals surface area contributed by atoms with E-state index >= 15 is 0 Å². The zero-order chi connectivity index (χ0) is 16.4. The largest absolute Gasteiger partial charge is 0.475 e. The summed E-state index contributed by atoms with van der Waals surface area (Å²) in [5.41, 5.74) is 0.836. The van der Waals surface area contributed by atoms with Gasteiger partial charge in [-0.25, -0.2) is 4.98 Å². The Kier molecular flexibility index (Phi) is 4.57. The smallest absolute Gasteiger partial charge is 0.224 e. The zero-order valence-corrected chi connectivity index (χ0v) is 14.3. The highest BCUT2D eigenvalue weighted by Crippen LogP contribution is 2.37. The van der Waals surface area contributed by atoms with Gasteiger partial charge in [-0.1, -0.05) is 13.0 Å². The van der Waals surface area contributed by atoms with E-state index in [0.29, 0.717) is 18.5 Å². The van der Waals surface area contributed by atoms with Gasteiger partial charge in [0.1, 0.15) is 6.61 Å². The third-order valence-corrected chi connectivity index (χ3v) is 5.26. The Hall–Kier alpha value is -1.62. The van der Waals surface area contributed by atoms with Crippen LogP contribution in [-0.4, -0.2) is 47.6 Å². The van der Waals surface area contributed by atoms with Gasteiger partial charge in [-0.3, -0.25) is 4.79 Å². The van der Waals surface area contributed by atoms with E-state index < -0.39 is 0 Å². The molecule has 1 saturated heterocycles. The number of nitrogens with one attached hydrogen (secondary N) is 1. The molecule has 1 N–H and O–H groups in total. The Morgan fingerprint density at radius 3 is 2.96 bits per heavy atom. The van der Waals surface area contributed by atoms with Gasteiger partial charge >= 0.3 is 0 Å². The van der Waals surface area contributed by atoms with Gasteiger partial charge in [-0.15, -0.1) is 0 Å². The summed E-state index contributed by atoms with van der Waals surface area (Å²) in [6.07, 6.45) is 6.00. The van der Waals surface area contributed by atoms with E-state index in [1.54, 1.807) is 6.20 Å². The van der Waals surface area contributed by atoms with Crippen LogP contribution in [-0.2, 0) is 4.79 Å². The molecule has 0 aromatic carbocycles. The van der Waals surface area contributed by atoms with Crippen LogP contribution < -0.4 is 10.1 Å². The minimum atomic E-state index is -0.188. The third kappa shape index (κ3) is 3.66. The molecule has 1 aliphatic carbocycles. The first-order valence-corrected chi connectivity index (χ1v) is 8.57. The normalized spacial score (nSPS) is 24.2. The number of rotatable bonds is 6. The summed E-state index contributed by atoms with van der Waals surface area (Å²) < 4.78 is 5.86. The highest BCUT2D eigenvalue weighted by atomic mass is 16.5. The van der Waals surface area contributed by atoms with Crippen LogP contribution in [0.1, 0.15) is 38.2 Å². The lowest BCUT2D eigenvalue weighted by atomic mass is 9.98. The zero-order valence-electron chi connectivity index (χ0n) is 14.3. The van der Waals surface area contributed by atoms with E-state index in [-0.39, 0.29) is 17.4 Å². The molecule has 2 aliphatic rings. The second-order valence-electron chi connectivity index (χ2n) is 7.16. The average Bonchev–Trinajstić information content (AvgIpc) is 3.16. The monoisotopic (exact) mass is 317 g/mol. The third-order valence-electron chi connectivity index (χ3n) is 5.26. The molecule has 1 saturated carbocycles. The first kappa shape index (κ1) is 16.2. The van der Waals surface area contributed by atoms with Crippen LogP contribution in [0.4, 0.5) is 0 Å². The van der Waals surface area contributed by atoms with Crippen molar-refractivity contribution in [2.75, 3.05) is 20.2 Å². The van der Waals surface area contributed by atoms with Gasteiger partial charge in [0.25, 0.3) is 0 Å². The van der Waals surface area contributed by atoms with Crippen molar-refractivity contribution in [3.05, 3.63) is 23.9 Å². The lowest BCUT2D eigenvalue weighted by Crippen LogP contribution is -2.48. The predicted molar refractivity (Wildman–Crippen MR) is 89.4 cm³/mol. The summed E-state index contributed by atoms with van der Waals surface area (Å²) >= 11 is 0. The van der Waals surface area contributed by atoms with E-state index in [4.69, 9.17) is 4.74 Å². The standard InChI is InChI=1S/C18H27N3O2/c1-13-6-4-10-19-17(13)23-12-18(8-9-18)20-16(22)14(2)15-7-5-11-21(15)3/h4,6,10,14-15H,5,7-9,11-12H2,1-3H3,(H,20,22)/t14-,15+/m0/s1. The Balaban J connectivity index is 1.54. The summed E-state index contributed by atoms with van der Waals surface area (Å²) in [5, 5.41) is 3.24. The van der Waals surface area contributed by atoms with Crippen molar-refractivity contribution in [3.63, 3.8) is 0 Å². The van der Waals surface area contributed by atoms with Crippen LogP contribution in [0.2, 0.25) is 0 Å². The highest BCUT2D eigenvalue weighted by molar-refractivity contribution is 5.80. The molecule has 5 heteroatoms. The fraction of sp³-hybridized carbons (Fsp3) is 0.667. The van der Waals surface area contributed by atoms with Crippen molar-refractivity contribution in [2.45, 2.75) is 51.1 Å². The van der Waals surface area contributed by atoms with E-state index in [1.165, 1.54) is 6.42 Å². The second kappa shape index (κ2) is 6.48. The molecule has 1 aromatic rings. The maximum atomic E-state index is 12.6. The van der Waals surface area contributed by atoms with Gasteiger partial charge in [0.2, 0.25) is 11.8 Å². The van der Waals surface area contributed by atoms with Crippen molar-refractivity contribution >= 4 is 5.91 Å². The van der Waals surface area contributed by atoms with Crippen molar-refractivity contribution in [3.8, 4) is 5.88 Å². The number of aromatic nitrogens is 1. The van der Waals surface area contributed by atoms with Crippen molar-refractivity contribution in [2.24, 2.45) is 5.92 Å². The molecule has 5 nitrogen and oxygen atoms in total. The SMILES string of the molecule is Cc1cccnc1OCC1(NC(=O)[C@@H](C)[C@H]2CCCN2C)CC1. The first-order chi connectivity index (χ1) is 11.0. The molecule has 0 radical (unpaired) electrons. The van der Waals surface area contributed by atoms with Gasteiger partial charge in [0, 0.05) is 17.8 Å². The lowest BCUT2D eigenvalue weighted by Gasteiger charge is -2.27. The molecule has 1 aromatic heterocycles. The molecule has 0 unspecified atom stereocenters. The summed E-state index contributed by atoms with van der Waals surface area (Å²) in [4.78, 5) is 19.2. The maximum absolute atomic E-state index is 12.6. The second-order valence-corrected chi connectivity index (χ2v) is 7.16. The quantitative estimate of drug-likeness (QED) is 0.873. The van der Waals surface area contributed by atoms with E-state index in [2.05, 4.69) is 22.2 Å². The van der Waals surface area contributed by atoms with Crippen LogP contribution in [0.25, 0.3) is 0 Å². The Labute approximate surface area is 138 Å². The highest BCUT2D eigenvalue weighted by Gasteiger charge is 2.46. The summed E-state index contributed by atoms with van der Waals surface area (Å²) in [5.74, 6) is 0.843. The van der Waals surface area contributed by atoms with Crippen molar-refractivity contribution in [1.29, 1.82) is 0 Å². The molecule has 23 heavy (non-hydrogen) atoms. The first-order valence-electron chi connectivity index (χ1n) is 8.57. The van der Waals surface area contributed by atoms with Crippen LogP contribution in [0.15, 0.2) is 18.3 Å². The molecule has 1 amide bonds. The summed E-state index contributed by atoms with van der Waals surface area (Å²) in [6, 6.07) is 4.25. The summed E-state index contributed by atoms with van der Waals surface area (Å²) in [7, 11) is 2.11. The van der Waals surface area contributed by atoms with Gasteiger partial charge < -0.3 is 15.0 Å². The molecule has 0 bridgehead atoms. The van der Waals surface area contributed by atoms with Gasteiger partial charge in [-0.2, -0.15) is 0 Å². The fourth-order valence-corrected chi connectivity index (χ4v) is 3.40. The van der Waals surface area contributed by atoms with Gasteiger partial charge in [0.15, 0.2) is 0 Å².